The van der Waals surface area contributed by atoms with Gasteiger partial charge in [0.25, 0.3) is 42.5 Å². The Hall–Kier alpha value is -11.4. The fourth-order valence-corrected chi connectivity index (χ4v) is 11.5. The molecule has 15 nitrogen and oxygen atoms in total. The lowest BCUT2D eigenvalue weighted by Crippen LogP contribution is -2.26. The molecule has 0 bridgehead atoms. The normalized spacial score (nSPS) is 13.7. The van der Waals surface area contributed by atoms with Crippen LogP contribution in [0.25, 0.3) is 50.0 Å². The first-order chi connectivity index (χ1) is 49.5. The topological polar surface area (TPSA) is 139 Å². The Labute approximate surface area is 585 Å². The fraction of sp³-hybridized carbons (Fsp3) is 0.301. The summed E-state index contributed by atoms with van der Waals surface area (Å²) >= 11 is 0. The van der Waals surface area contributed by atoms with E-state index in [9.17, 15) is 61.5 Å². The largest absolute Gasteiger partial charge is 0.320 e. The van der Waals surface area contributed by atoms with Gasteiger partial charge in [0.2, 0.25) is 0 Å². The van der Waals surface area contributed by atoms with E-state index < -0.39 is 114 Å². The van der Waals surface area contributed by atoms with Crippen LogP contribution < -0.4 is 14.7 Å². The number of hydrogen-bond donors (Lipinski definition) is 0. The number of nitrogens with zero attached hydrogens (tertiary/aromatic N) is 15. The van der Waals surface area contributed by atoms with Crippen molar-refractivity contribution in [1.29, 1.82) is 0 Å². The van der Waals surface area contributed by atoms with E-state index in [2.05, 4.69) is 81.1 Å². The predicted molar refractivity (Wildman–Crippen MR) is 357 cm³/mol. The highest BCUT2D eigenvalue weighted by molar-refractivity contribution is 5.97. The molecule has 0 aliphatic heterocycles. The maximum atomic E-state index is 15.1. The molecule has 2 fully saturated rings. The summed E-state index contributed by atoms with van der Waals surface area (Å²) in [6.07, 6.45) is -6.61. The van der Waals surface area contributed by atoms with E-state index in [1.54, 1.807) is 20.8 Å². The Morgan fingerprint density at radius 2 is 0.743 bits per heavy atom. The molecule has 2 saturated carbocycles. The summed E-state index contributed by atoms with van der Waals surface area (Å²) in [5.41, 5.74) is -1.55. The molecular formula is C73H56F17N15. The molecule has 542 valence electrons. The third kappa shape index (κ3) is 15.2. The van der Waals surface area contributed by atoms with Crippen molar-refractivity contribution in [3.8, 4) is 35.5 Å². The van der Waals surface area contributed by atoms with Crippen LogP contribution >= 0.6 is 0 Å². The van der Waals surface area contributed by atoms with Gasteiger partial charge in [-0.1, -0.05) is 35.5 Å². The number of rotatable bonds is 13. The van der Waals surface area contributed by atoms with Crippen LogP contribution in [-0.2, 0) is 0 Å². The summed E-state index contributed by atoms with van der Waals surface area (Å²) < 4.78 is 246. The first kappa shape index (κ1) is 73.4. The van der Waals surface area contributed by atoms with Gasteiger partial charge < -0.3 is 14.7 Å². The lowest BCUT2D eigenvalue weighted by atomic mass is 9.97. The maximum Gasteiger partial charge on any atom is 0.261 e. The molecule has 0 N–H and O–H groups in total. The lowest BCUT2D eigenvalue weighted by molar-refractivity contribution is -0.0294. The molecule has 0 radical (unpaired) electrons. The molecule has 32 heteroatoms. The van der Waals surface area contributed by atoms with Gasteiger partial charge in [-0.05, 0) is 165 Å². The van der Waals surface area contributed by atoms with E-state index in [1.165, 1.54) is 61.7 Å². The van der Waals surface area contributed by atoms with Crippen LogP contribution in [0.1, 0.15) is 94.5 Å². The number of hydrogen-bond acceptors (Lipinski definition) is 12. The van der Waals surface area contributed by atoms with Crippen molar-refractivity contribution in [3.05, 3.63) is 178 Å². The van der Waals surface area contributed by atoms with Crippen molar-refractivity contribution in [1.82, 2.24) is 58.7 Å². The molecule has 2 aliphatic rings. The zero-order chi connectivity index (χ0) is 75.7. The van der Waals surface area contributed by atoms with Crippen molar-refractivity contribution in [2.24, 2.45) is 16.2 Å². The quantitative estimate of drug-likeness (QED) is 0.0802. The highest BCUT2D eigenvalue weighted by Gasteiger charge is 2.58. The summed E-state index contributed by atoms with van der Waals surface area (Å²) in [5.74, 6) is 3.60. The van der Waals surface area contributed by atoms with Crippen molar-refractivity contribution in [2.45, 2.75) is 106 Å². The summed E-state index contributed by atoms with van der Waals surface area (Å²) in [4.78, 5) is 15.3. The van der Waals surface area contributed by atoms with Gasteiger partial charge in [0.15, 0.2) is 34.9 Å². The average Bonchev–Trinajstić information content (AvgIpc) is 1.74. The van der Waals surface area contributed by atoms with Gasteiger partial charge >= 0.3 is 0 Å². The Bertz CT molecular complexity index is 5430. The molecule has 6 aromatic heterocycles. The molecule has 6 heterocycles. The highest BCUT2D eigenvalue weighted by Crippen LogP contribution is 2.56. The number of aryl methyl sites for hydroxylation is 3. The van der Waals surface area contributed by atoms with E-state index >= 15 is 13.2 Å². The monoisotopic (exact) mass is 1470 g/mol. The Balaban J connectivity index is 0.000000148. The second-order valence-corrected chi connectivity index (χ2v) is 26.4. The van der Waals surface area contributed by atoms with Crippen LogP contribution in [-0.4, -0.2) is 104 Å². The predicted octanol–water partition coefficient (Wildman–Crippen LogP) is 17.6. The van der Waals surface area contributed by atoms with Crippen molar-refractivity contribution < 1.29 is 74.6 Å². The molecule has 0 saturated heterocycles. The van der Waals surface area contributed by atoms with E-state index in [1.807, 2.05) is 27.7 Å². The molecule has 0 amide bonds. The average molecular weight is 1470 g/mol. The van der Waals surface area contributed by atoms with Crippen molar-refractivity contribution >= 4 is 84.6 Å². The summed E-state index contributed by atoms with van der Waals surface area (Å²) in [7, 11) is 0. The van der Waals surface area contributed by atoms with Crippen LogP contribution in [0.4, 0.5) is 109 Å². The van der Waals surface area contributed by atoms with Gasteiger partial charge in [0.05, 0.1) is 57.8 Å². The number of aromatic nitrogens is 12. The molecule has 14 rings (SSSR count). The molecule has 105 heavy (non-hydrogen) atoms. The van der Waals surface area contributed by atoms with Crippen LogP contribution in [0.15, 0.2) is 91.0 Å². The number of anilines is 6. The van der Waals surface area contributed by atoms with Crippen LogP contribution in [0.5, 0.6) is 0 Å². The fourth-order valence-electron chi connectivity index (χ4n) is 11.5. The second kappa shape index (κ2) is 28.0. The van der Waals surface area contributed by atoms with Gasteiger partial charge in [0, 0.05) is 51.5 Å². The number of benzene rings is 6. The van der Waals surface area contributed by atoms with E-state index in [0.29, 0.717) is 11.6 Å². The highest BCUT2D eigenvalue weighted by atomic mass is 19.3. The smallest absolute Gasteiger partial charge is 0.261 e. The second-order valence-electron chi connectivity index (χ2n) is 26.4. The molecule has 6 aromatic carbocycles. The van der Waals surface area contributed by atoms with Gasteiger partial charge in [-0.2, -0.15) is 15.0 Å². The third-order valence-electron chi connectivity index (χ3n) is 17.1. The first-order valence-corrected chi connectivity index (χ1v) is 32.0. The standard InChI is InChI=1S/C25H18F7N5.C24H18F5N5.C24H20F5N5/c1-13-34-35-23-33-22(20-18(37(13)23)4-3-17(27)21(20)30)36(12-19(28)29)16-10-14(9-15(26)11-16)5-6-25(7-8-25)24(2,31)32;1-13-31-32-23-30-22(20-18(34(13)23)4-3-17(26)21(20)29)33(12-19(27)28)16-10-14(9-15(25)11-16)5-6-24(2)7-8-24;1-13-31-32-23-30-22(20-18(34(13)23)6-5-17(26)21(20)29)33(12-19(27)28)16-10-14(9-15(25)11-16)7-8-24(2,3)4/h3-4,9-11,19H,7-8,12H2,1-2H3;3-4,9-11,19H,7-8,12H2,1-2H3;5-6,9-11,19H,12H2,1-4H3. The number of alkyl halides is 8. The van der Waals surface area contributed by atoms with Gasteiger partial charge in [-0.3, -0.25) is 13.2 Å². The zero-order valence-corrected chi connectivity index (χ0v) is 56.5. The van der Waals surface area contributed by atoms with Crippen molar-refractivity contribution in [3.63, 3.8) is 0 Å². The van der Waals surface area contributed by atoms with Crippen molar-refractivity contribution in [2.75, 3.05) is 34.3 Å². The number of halogens is 17. The Morgan fingerprint density at radius 3 is 1.03 bits per heavy atom. The van der Waals surface area contributed by atoms with E-state index in [4.69, 9.17) is 0 Å². The van der Waals surface area contributed by atoms with Crippen LogP contribution in [0, 0.1) is 125 Å². The number of fused-ring (bicyclic) bond motifs is 9. The molecule has 2 aliphatic carbocycles. The minimum Gasteiger partial charge on any atom is -0.320 e. The third-order valence-corrected chi connectivity index (χ3v) is 17.1. The Kier molecular flexibility index (Phi) is 19.6. The lowest BCUT2D eigenvalue weighted by Gasteiger charge is -2.25. The van der Waals surface area contributed by atoms with Crippen LogP contribution in [0.2, 0.25) is 0 Å². The molecule has 0 atom stereocenters. The summed E-state index contributed by atoms with van der Waals surface area (Å²) in [6.45, 7) is 10.1. The van der Waals surface area contributed by atoms with Gasteiger partial charge in [-0.15, -0.1) is 30.6 Å². The van der Waals surface area contributed by atoms with Crippen LogP contribution in [0.3, 0.4) is 0 Å². The Morgan fingerprint density at radius 1 is 0.429 bits per heavy atom. The molecule has 12 aromatic rings. The molecule has 0 unspecified atom stereocenters. The van der Waals surface area contributed by atoms with E-state index in [-0.39, 0.29) is 120 Å². The SMILES string of the molecule is Cc1nnc2nc(N(CC(F)F)c3cc(F)cc(C#CC(C)(C)C)c3)c3c(F)c(F)ccc3n12.Cc1nnc2nc(N(CC(F)F)c3cc(F)cc(C#CC4(C(C)(F)F)CC4)c3)c3c(F)c(F)ccc3n12.Cc1nnc2nc(N(CC(F)F)c3cc(F)cc(C#CC4(C)CC4)c3)c3c(F)c(F)ccc3n12. The van der Waals surface area contributed by atoms with Gasteiger partial charge in [-0.25, -0.2) is 74.6 Å². The molecule has 0 spiro atoms. The maximum absolute atomic E-state index is 15.1. The summed E-state index contributed by atoms with van der Waals surface area (Å²) in [5, 5.41) is 22.2. The van der Waals surface area contributed by atoms with Gasteiger partial charge in [0.1, 0.15) is 52.4 Å². The minimum atomic E-state index is -3.08. The first-order valence-electron chi connectivity index (χ1n) is 32.0. The summed E-state index contributed by atoms with van der Waals surface area (Å²) in [6, 6.07) is 16.8. The zero-order valence-electron chi connectivity index (χ0n) is 56.5. The minimum absolute atomic E-state index is 0.00310. The molecular weight excluding hydrogens is 1410 g/mol. The van der Waals surface area contributed by atoms with E-state index in [0.717, 1.165) is 76.9 Å².